The number of anilines is 2. The highest BCUT2D eigenvalue weighted by Crippen LogP contribution is 2.29. The van der Waals surface area contributed by atoms with Gasteiger partial charge in [0.1, 0.15) is 11.6 Å². The minimum atomic E-state index is 0. The molecule has 0 aliphatic heterocycles. The van der Waals surface area contributed by atoms with Gasteiger partial charge in [0.05, 0.1) is 18.3 Å². The van der Waals surface area contributed by atoms with Crippen molar-refractivity contribution in [2.24, 2.45) is 0 Å². The minimum Gasteiger partial charge on any atom is -0.495 e. The van der Waals surface area contributed by atoms with Crippen molar-refractivity contribution in [1.29, 1.82) is 0 Å². The number of fused-ring (bicyclic) bond motifs is 1. The van der Waals surface area contributed by atoms with Crippen LogP contribution in [0.1, 0.15) is 16.7 Å². The molecule has 0 fully saturated rings. The highest BCUT2D eigenvalue weighted by atomic mass is 35.5. The zero-order valence-corrected chi connectivity index (χ0v) is 14.6. The topological polar surface area (TPSA) is 34.1 Å². The molecule has 3 aromatic rings. The van der Waals surface area contributed by atoms with Crippen LogP contribution < -0.4 is 10.1 Å². The second-order valence-electron chi connectivity index (χ2n) is 5.63. The van der Waals surface area contributed by atoms with Crippen LogP contribution in [-0.4, -0.2) is 12.1 Å². The second kappa shape index (κ2) is 6.88. The standard InChI is InChI=1S/C19H20N2O.ClH/c1-12-9-14(3)19-15(10-12)13(2)11-18(21-19)20-16-7-5-6-8-17(16)22-4;/h5-11H,1-4H3,(H,20,21);1H. The first kappa shape index (κ1) is 17.1. The molecule has 0 saturated heterocycles. The van der Waals surface area contributed by atoms with Crippen LogP contribution in [0.3, 0.4) is 0 Å². The van der Waals surface area contributed by atoms with E-state index in [-0.39, 0.29) is 12.4 Å². The Hall–Kier alpha value is -2.26. The first-order valence-corrected chi connectivity index (χ1v) is 7.37. The molecule has 4 heteroatoms. The number of nitrogens with zero attached hydrogens (tertiary/aromatic N) is 1. The number of ether oxygens (including phenoxy) is 1. The van der Waals surface area contributed by atoms with Gasteiger partial charge < -0.3 is 10.1 Å². The fourth-order valence-corrected chi connectivity index (χ4v) is 2.79. The Labute approximate surface area is 143 Å². The summed E-state index contributed by atoms with van der Waals surface area (Å²) in [6, 6.07) is 14.3. The molecule has 0 aliphatic rings. The van der Waals surface area contributed by atoms with Gasteiger partial charge in [-0.05, 0) is 56.2 Å². The maximum absolute atomic E-state index is 5.38. The third-order valence-corrected chi connectivity index (χ3v) is 3.82. The van der Waals surface area contributed by atoms with Crippen LogP contribution in [0.5, 0.6) is 5.75 Å². The number of benzene rings is 2. The smallest absolute Gasteiger partial charge is 0.142 e. The van der Waals surface area contributed by atoms with Gasteiger partial charge in [-0.1, -0.05) is 23.8 Å². The zero-order valence-electron chi connectivity index (χ0n) is 13.8. The highest BCUT2D eigenvalue weighted by molar-refractivity contribution is 5.87. The van der Waals surface area contributed by atoms with Crippen LogP contribution in [0.4, 0.5) is 11.5 Å². The van der Waals surface area contributed by atoms with Gasteiger partial charge in [-0.3, -0.25) is 0 Å². The summed E-state index contributed by atoms with van der Waals surface area (Å²) in [7, 11) is 1.67. The van der Waals surface area contributed by atoms with Crippen molar-refractivity contribution in [1.82, 2.24) is 4.98 Å². The molecule has 0 atom stereocenters. The molecule has 3 nitrogen and oxygen atoms in total. The lowest BCUT2D eigenvalue weighted by atomic mass is 10.0. The number of aromatic nitrogens is 1. The maximum atomic E-state index is 5.38. The van der Waals surface area contributed by atoms with Gasteiger partial charge in [-0.25, -0.2) is 4.98 Å². The number of nitrogens with one attached hydrogen (secondary N) is 1. The van der Waals surface area contributed by atoms with Gasteiger partial charge >= 0.3 is 0 Å². The van der Waals surface area contributed by atoms with Crippen molar-refractivity contribution in [2.75, 3.05) is 12.4 Å². The van der Waals surface area contributed by atoms with E-state index in [2.05, 4.69) is 44.3 Å². The number of hydrogen-bond acceptors (Lipinski definition) is 3. The molecular weight excluding hydrogens is 308 g/mol. The SMILES string of the molecule is COc1ccccc1Nc1cc(C)c2cc(C)cc(C)c2n1.Cl. The Bertz CT molecular complexity index is 846. The van der Waals surface area contributed by atoms with Gasteiger partial charge in [0, 0.05) is 5.39 Å². The summed E-state index contributed by atoms with van der Waals surface area (Å²) in [6.45, 7) is 6.35. The van der Waals surface area contributed by atoms with E-state index in [1.807, 2.05) is 24.3 Å². The molecule has 0 unspecified atom stereocenters. The maximum Gasteiger partial charge on any atom is 0.142 e. The molecule has 23 heavy (non-hydrogen) atoms. The van der Waals surface area contributed by atoms with Crippen LogP contribution in [0.15, 0.2) is 42.5 Å². The van der Waals surface area contributed by atoms with Gasteiger partial charge in [0.2, 0.25) is 0 Å². The molecule has 120 valence electrons. The number of hydrogen-bond donors (Lipinski definition) is 1. The Morgan fingerprint density at radius 3 is 2.43 bits per heavy atom. The number of aryl methyl sites for hydroxylation is 3. The molecule has 1 N–H and O–H groups in total. The van der Waals surface area contributed by atoms with Crippen LogP contribution >= 0.6 is 12.4 Å². The van der Waals surface area contributed by atoms with E-state index in [1.165, 1.54) is 22.1 Å². The largest absolute Gasteiger partial charge is 0.495 e. The molecule has 0 spiro atoms. The molecule has 1 heterocycles. The van der Waals surface area contributed by atoms with Crippen LogP contribution in [-0.2, 0) is 0 Å². The Kier molecular flexibility index (Phi) is 5.12. The van der Waals surface area contributed by atoms with Gasteiger partial charge in [-0.2, -0.15) is 0 Å². The molecule has 2 aromatic carbocycles. The van der Waals surface area contributed by atoms with E-state index in [9.17, 15) is 0 Å². The first-order valence-electron chi connectivity index (χ1n) is 7.37. The summed E-state index contributed by atoms with van der Waals surface area (Å²) in [5, 5.41) is 4.57. The number of halogens is 1. The lowest BCUT2D eigenvalue weighted by molar-refractivity contribution is 0.417. The number of rotatable bonds is 3. The third kappa shape index (κ3) is 3.40. The zero-order chi connectivity index (χ0) is 15.7. The lowest BCUT2D eigenvalue weighted by Gasteiger charge is -2.13. The van der Waals surface area contributed by atoms with E-state index in [0.29, 0.717) is 0 Å². The minimum absolute atomic E-state index is 0. The van der Waals surface area contributed by atoms with E-state index in [4.69, 9.17) is 9.72 Å². The van der Waals surface area contributed by atoms with Crippen molar-refractivity contribution < 1.29 is 4.74 Å². The van der Waals surface area contributed by atoms with Crippen LogP contribution in [0, 0.1) is 20.8 Å². The monoisotopic (exact) mass is 328 g/mol. The van der Waals surface area contributed by atoms with Gasteiger partial charge in [-0.15, -0.1) is 12.4 Å². The normalized spacial score (nSPS) is 10.3. The van der Waals surface area contributed by atoms with Gasteiger partial charge in [0.15, 0.2) is 0 Å². The Morgan fingerprint density at radius 1 is 0.957 bits per heavy atom. The fraction of sp³-hybridized carbons (Fsp3) is 0.211. The van der Waals surface area contributed by atoms with Crippen LogP contribution in [0.25, 0.3) is 10.9 Å². The van der Waals surface area contributed by atoms with E-state index >= 15 is 0 Å². The molecule has 3 rings (SSSR count). The molecule has 0 aliphatic carbocycles. The van der Waals surface area contributed by atoms with Crippen molar-refractivity contribution in [3.8, 4) is 5.75 Å². The number of methoxy groups -OCH3 is 1. The quantitative estimate of drug-likeness (QED) is 0.705. The molecule has 0 bridgehead atoms. The summed E-state index contributed by atoms with van der Waals surface area (Å²) >= 11 is 0. The Morgan fingerprint density at radius 2 is 1.70 bits per heavy atom. The average molecular weight is 329 g/mol. The summed E-state index contributed by atoms with van der Waals surface area (Å²) < 4.78 is 5.38. The van der Waals surface area contributed by atoms with Crippen molar-refractivity contribution in [2.45, 2.75) is 20.8 Å². The van der Waals surface area contributed by atoms with E-state index < -0.39 is 0 Å². The predicted molar refractivity (Wildman–Crippen MR) is 99.5 cm³/mol. The van der Waals surface area contributed by atoms with Crippen molar-refractivity contribution >= 4 is 34.8 Å². The average Bonchev–Trinajstić information content (AvgIpc) is 2.49. The highest BCUT2D eigenvalue weighted by Gasteiger charge is 2.08. The molecule has 1 aromatic heterocycles. The first-order chi connectivity index (χ1) is 10.6. The van der Waals surface area contributed by atoms with Crippen molar-refractivity contribution in [3.63, 3.8) is 0 Å². The summed E-state index contributed by atoms with van der Waals surface area (Å²) in [5.74, 6) is 1.64. The molecule has 0 radical (unpaired) electrons. The van der Waals surface area contributed by atoms with Crippen molar-refractivity contribution in [3.05, 3.63) is 59.2 Å². The number of pyridine rings is 1. The predicted octanol–water partition coefficient (Wildman–Crippen LogP) is 5.33. The lowest BCUT2D eigenvalue weighted by Crippen LogP contribution is -1.98. The molecule has 0 saturated carbocycles. The second-order valence-corrected chi connectivity index (χ2v) is 5.63. The summed E-state index contributed by atoms with van der Waals surface area (Å²) in [5.41, 5.74) is 5.64. The summed E-state index contributed by atoms with van der Waals surface area (Å²) in [4.78, 5) is 4.78. The molecular formula is C19H21ClN2O. The molecule has 0 amide bonds. The summed E-state index contributed by atoms with van der Waals surface area (Å²) in [6.07, 6.45) is 0. The Balaban J connectivity index is 0.00000192. The fourth-order valence-electron chi connectivity index (χ4n) is 2.79. The van der Waals surface area contributed by atoms with E-state index in [1.54, 1.807) is 7.11 Å². The van der Waals surface area contributed by atoms with E-state index in [0.717, 1.165) is 22.8 Å². The third-order valence-electron chi connectivity index (χ3n) is 3.82. The van der Waals surface area contributed by atoms with Gasteiger partial charge in [0.25, 0.3) is 0 Å². The number of para-hydroxylation sites is 2. The van der Waals surface area contributed by atoms with Crippen LogP contribution in [0.2, 0.25) is 0 Å².